The number of hydrogen-bond acceptors (Lipinski definition) is 1. The Morgan fingerprint density at radius 3 is 2.79 bits per heavy atom. The van der Waals surface area contributed by atoms with Crippen molar-refractivity contribution in [3.63, 3.8) is 0 Å². The summed E-state index contributed by atoms with van der Waals surface area (Å²) < 4.78 is 14.1. The van der Waals surface area contributed by atoms with Gasteiger partial charge in [0.15, 0.2) is 0 Å². The van der Waals surface area contributed by atoms with Crippen molar-refractivity contribution in [3.05, 3.63) is 68.4 Å². The third-order valence-electron chi connectivity index (χ3n) is 3.13. The van der Waals surface area contributed by atoms with Gasteiger partial charge in [0, 0.05) is 10.5 Å². The first-order valence-electron chi connectivity index (χ1n) is 5.93. The van der Waals surface area contributed by atoms with Crippen molar-refractivity contribution < 1.29 is 4.39 Å². The molecule has 0 amide bonds. The monoisotopic (exact) mass is 341 g/mol. The zero-order chi connectivity index (χ0) is 14.0. The van der Waals surface area contributed by atoms with Crippen LogP contribution in [0, 0.1) is 12.7 Å². The second-order valence-corrected chi connectivity index (χ2v) is 5.76. The lowest BCUT2D eigenvalue weighted by molar-refractivity contribution is 0.621. The summed E-state index contributed by atoms with van der Waals surface area (Å²) in [6.45, 7) is 1.95. The van der Waals surface area contributed by atoms with E-state index in [1.165, 1.54) is 12.1 Å². The molecule has 1 nitrogen and oxygen atoms in total. The lowest BCUT2D eigenvalue weighted by Gasteiger charge is -2.16. The largest absolute Gasteiger partial charge is 0.324 e. The van der Waals surface area contributed by atoms with E-state index in [1.54, 1.807) is 6.07 Å². The van der Waals surface area contributed by atoms with E-state index in [9.17, 15) is 4.39 Å². The van der Waals surface area contributed by atoms with E-state index < -0.39 is 0 Å². The number of benzene rings is 2. The molecule has 0 radical (unpaired) electrons. The maximum absolute atomic E-state index is 13.3. The molecule has 0 aliphatic heterocycles. The van der Waals surface area contributed by atoms with Crippen LogP contribution in [0.1, 0.15) is 22.7 Å². The summed E-state index contributed by atoms with van der Waals surface area (Å²) in [6, 6.07) is 10.1. The molecule has 0 spiro atoms. The first-order valence-corrected chi connectivity index (χ1v) is 7.10. The van der Waals surface area contributed by atoms with E-state index in [0.29, 0.717) is 11.4 Å². The van der Waals surface area contributed by atoms with Gasteiger partial charge < -0.3 is 5.73 Å². The molecule has 2 N–H and O–H groups in total. The van der Waals surface area contributed by atoms with Gasteiger partial charge in [-0.15, -0.1) is 0 Å². The lowest BCUT2D eigenvalue weighted by Crippen LogP contribution is -2.14. The predicted octanol–water partition coefficient (Wildman–Crippen LogP) is 4.79. The fourth-order valence-corrected chi connectivity index (χ4v) is 2.66. The molecular formula is C15H14BrClFN. The average molecular weight is 343 g/mol. The molecule has 100 valence electrons. The minimum Gasteiger partial charge on any atom is -0.324 e. The van der Waals surface area contributed by atoms with Gasteiger partial charge in [0.1, 0.15) is 5.82 Å². The molecule has 19 heavy (non-hydrogen) atoms. The molecule has 4 heteroatoms. The van der Waals surface area contributed by atoms with Crippen LogP contribution in [0.3, 0.4) is 0 Å². The zero-order valence-corrected chi connectivity index (χ0v) is 12.8. The van der Waals surface area contributed by atoms with E-state index in [4.69, 9.17) is 17.3 Å². The van der Waals surface area contributed by atoms with Gasteiger partial charge in [0.25, 0.3) is 0 Å². The minimum absolute atomic E-state index is 0.242. The molecule has 0 fully saturated rings. The predicted molar refractivity (Wildman–Crippen MR) is 80.9 cm³/mol. The standard InChI is InChI=1S/C15H14BrClFN/c1-9-5-6-11(18)7-10(9)8-14(19)12-3-2-4-13(16)15(12)17/h2-7,14H,8,19H2,1H3. The van der Waals surface area contributed by atoms with Crippen molar-refractivity contribution >= 4 is 27.5 Å². The second-order valence-electron chi connectivity index (χ2n) is 4.52. The van der Waals surface area contributed by atoms with Gasteiger partial charge in [-0.3, -0.25) is 0 Å². The summed E-state index contributed by atoms with van der Waals surface area (Å²) in [7, 11) is 0. The van der Waals surface area contributed by atoms with Gasteiger partial charge in [-0.2, -0.15) is 0 Å². The number of nitrogens with two attached hydrogens (primary N) is 1. The first-order chi connectivity index (χ1) is 8.99. The van der Waals surface area contributed by atoms with Crippen LogP contribution in [0.15, 0.2) is 40.9 Å². The Morgan fingerprint density at radius 1 is 1.32 bits per heavy atom. The molecular weight excluding hydrogens is 329 g/mol. The van der Waals surface area contributed by atoms with Crippen LogP contribution in [0.25, 0.3) is 0 Å². The molecule has 0 bridgehead atoms. The van der Waals surface area contributed by atoms with Crippen molar-refractivity contribution in [1.82, 2.24) is 0 Å². The van der Waals surface area contributed by atoms with E-state index in [-0.39, 0.29) is 11.9 Å². The summed E-state index contributed by atoms with van der Waals surface area (Å²) >= 11 is 9.60. The van der Waals surface area contributed by atoms with Crippen LogP contribution in [0.2, 0.25) is 5.02 Å². The summed E-state index contributed by atoms with van der Waals surface area (Å²) in [6.07, 6.45) is 0.555. The second kappa shape index (κ2) is 6.04. The highest BCUT2D eigenvalue weighted by molar-refractivity contribution is 9.10. The van der Waals surface area contributed by atoms with Gasteiger partial charge in [-0.05, 0) is 64.2 Å². The van der Waals surface area contributed by atoms with Crippen LogP contribution in [-0.2, 0) is 6.42 Å². The SMILES string of the molecule is Cc1ccc(F)cc1CC(N)c1cccc(Br)c1Cl. The zero-order valence-electron chi connectivity index (χ0n) is 10.5. The van der Waals surface area contributed by atoms with Crippen molar-refractivity contribution in [1.29, 1.82) is 0 Å². The molecule has 0 heterocycles. The van der Waals surface area contributed by atoms with Crippen LogP contribution in [0.5, 0.6) is 0 Å². The van der Waals surface area contributed by atoms with E-state index in [2.05, 4.69) is 15.9 Å². The van der Waals surface area contributed by atoms with Gasteiger partial charge in [0.05, 0.1) is 5.02 Å². The Bertz CT molecular complexity index is 601. The Kier molecular flexibility index (Phi) is 4.61. The smallest absolute Gasteiger partial charge is 0.123 e. The molecule has 0 aromatic heterocycles. The maximum atomic E-state index is 13.3. The highest BCUT2D eigenvalue weighted by Gasteiger charge is 2.14. The van der Waals surface area contributed by atoms with Crippen LogP contribution in [0.4, 0.5) is 4.39 Å². The van der Waals surface area contributed by atoms with Crippen molar-refractivity contribution in [2.45, 2.75) is 19.4 Å². The van der Waals surface area contributed by atoms with Gasteiger partial charge in [0.2, 0.25) is 0 Å². The quantitative estimate of drug-likeness (QED) is 0.852. The topological polar surface area (TPSA) is 26.0 Å². The third kappa shape index (κ3) is 3.35. The summed E-state index contributed by atoms with van der Waals surface area (Å²) in [5, 5.41) is 0.615. The molecule has 0 aliphatic carbocycles. The number of aryl methyl sites for hydroxylation is 1. The molecule has 2 aromatic rings. The Morgan fingerprint density at radius 2 is 2.05 bits per heavy atom. The third-order valence-corrected chi connectivity index (χ3v) is 4.44. The first kappa shape index (κ1) is 14.5. The number of rotatable bonds is 3. The van der Waals surface area contributed by atoms with Gasteiger partial charge >= 0.3 is 0 Å². The average Bonchev–Trinajstić information content (AvgIpc) is 2.37. The Balaban J connectivity index is 2.28. The van der Waals surface area contributed by atoms with Crippen molar-refractivity contribution in [2.24, 2.45) is 5.73 Å². The Hall–Kier alpha value is -0.900. The normalized spacial score (nSPS) is 12.5. The van der Waals surface area contributed by atoms with Crippen LogP contribution >= 0.6 is 27.5 Å². The maximum Gasteiger partial charge on any atom is 0.123 e. The van der Waals surface area contributed by atoms with Crippen molar-refractivity contribution in [2.75, 3.05) is 0 Å². The minimum atomic E-state index is -0.259. The highest BCUT2D eigenvalue weighted by atomic mass is 79.9. The lowest BCUT2D eigenvalue weighted by atomic mass is 9.96. The van der Waals surface area contributed by atoms with Crippen LogP contribution < -0.4 is 5.73 Å². The van der Waals surface area contributed by atoms with Crippen molar-refractivity contribution in [3.8, 4) is 0 Å². The summed E-state index contributed by atoms with van der Waals surface area (Å²) in [5.74, 6) is -0.242. The molecule has 2 rings (SSSR count). The van der Waals surface area contributed by atoms with Gasteiger partial charge in [-0.25, -0.2) is 4.39 Å². The summed E-state index contributed by atoms with van der Waals surface area (Å²) in [4.78, 5) is 0. The van der Waals surface area contributed by atoms with Gasteiger partial charge in [-0.1, -0.05) is 29.8 Å². The number of hydrogen-bond donors (Lipinski definition) is 1. The fourth-order valence-electron chi connectivity index (χ4n) is 2.01. The number of halogens is 3. The van der Waals surface area contributed by atoms with E-state index >= 15 is 0 Å². The van der Waals surface area contributed by atoms with E-state index in [0.717, 1.165) is 21.2 Å². The fraction of sp³-hybridized carbons (Fsp3) is 0.200. The molecule has 2 aromatic carbocycles. The molecule has 1 unspecified atom stereocenters. The van der Waals surface area contributed by atoms with Crippen LogP contribution in [-0.4, -0.2) is 0 Å². The van der Waals surface area contributed by atoms with E-state index in [1.807, 2.05) is 25.1 Å². The Labute approximate surface area is 125 Å². The molecule has 0 saturated heterocycles. The molecule has 1 atom stereocenters. The molecule has 0 aliphatic rings. The molecule has 0 saturated carbocycles. The summed E-state index contributed by atoms with van der Waals surface area (Å²) in [5.41, 5.74) is 8.99. The highest BCUT2D eigenvalue weighted by Crippen LogP contribution is 2.31.